The molecule has 2 heteroatoms. The highest BCUT2D eigenvalue weighted by atomic mass is 14.6. The molecule has 15 heavy (non-hydrogen) atoms. The Morgan fingerprint density at radius 2 is 2.13 bits per heavy atom. The lowest BCUT2D eigenvalue weighted by Crippen LogP contribution is -1.88. The van der Waals surface area contributed by atoms with Gasteiger partial charge in [0.15, 0.2) is 0 Å². The van der Waals surface area contributed by atoms with Gasteiger partial charge in [0.1, 0.15) is 0 Å². The molecular formula is C13H14N2. The summed E-state index contributed by atoms with van der Waals surface area (Å²) in [5.41, 5.74) is 8.21. The fourth-order valence-electron chi connectivity index (χ4n) is 1.07. The van der Waals surface area contributed by atoms with Crippen molar-refractivity contribution in [2.24, 2.45) is 4.99 Å². The number of aliphatic imine (C=N–C) groups is 1. The summed E-state index contributed by atoms with van der Waals surface area (Å²) in [6.07, 6.45) is 3.64. The van der Waals surface area contributed by atoms with E-state index >= 15 is 0 Å². The van der Waals surface area contributed by atoms with Crippen LogP contribution in [0, 0.1) is 11.8 Å². The topological polar surface area (TPSA) is 38.4 Å². The average Bonchev–Trinajstić information content (AvgIpc) is 2.26. The molecule has 0 bridgehead atoms. The van der Waals surface area contributed by atoms with Gasteiger partial charge in [-0.25, -0.2) is 0 Å². The fourth-order valence-corrected chi connectivity index (χ4v) is 1.07. The van der Waals surface area contributed by atoms with E-state index in [1.165, 1.54) is 0 Å². The van der Waals surface area contributed by atoms with Gasteiger partial charge in [-0.3, -0.25) is 4.99 Å². The normalized spacial score (nSPS) is 11.2. The molecule has 0 aliphatic rings. The number of benzene rings is 1. The first kappa shape index (κ1) is 11.1. The van der Waals surface area contributed by atoms with Gasteiger partial charge in [0.2, 0.25) is 0 Å². The number of nitrogens with zero attached hydrogens (tertiary/aromatic N) is 1. The highest BCUT2D eigenvalue weighted by Gasteiger charge is 1.91. The maximum atomic E-state index is 5.77. The van der Waals surface area contributed by atoms with Crippen LogP contribution in [0.4, 0.5) is 5.69 Å². The summed E-state index contributed by atoms with van der Waals surface area (Å²) in [5.74, 6) is 6.02. The number of allylic oxidation sites excluding steroid dienone is 2. The Morgan fingerprint density at radius 1 is 1.40 bits per heavy atom. The standard InChI is InChI=1S/C13H14N2/c1-3-11(10-15-2)8-9-12-6-4-5-7-13(12)14/h3-7,10H,14H2,1-2H3/b11-3-,15-10-. The Bertz CT molecular complexity index is 445. The molecule has 0 saturated carbocycles. The van der Waals surface area contributed by atoms with Gasteiger partial charge in [-0.2, -0.15) is 0 Å². The average molecular weight is 198 g/mol. The van der Waals surface area contributed by atoms with Crippen molar-refractivity contribution >= 4 is 11.9 Å². The van der Waals surface area contributed by atoms with E-state index in [0.717, 1.165) is 11.1 Å². The lowest BCUT2D eigenvalue weighted by atomic mass is 10.1. The second-order valence-corrected chi connectivity index (χ2v) is 2.97. The Labute approximate surface area is 90.5 Å². The molecule has 0 unspecified atom stereocenters. The van der Waals surface area contributed by atoms with Gasteiger partial charge in [0.05, 0.1) is 0 Å². The summed E-state index contributed by atoms with van der Waals surface area (Å²) in [5, 5.41) is 0. The summed E-state index contributed by atoms with van der Waals surface area (Å²) < 4.78 is 0. The van der Waals surface area contributed by atoms with Crippen molar-refractivity contribution in [2.75, 3.05) is 12.8 Å². The van der Waals surface area contributed by atoms with Crippen molar-refractivity contribution < 1.29 is 0 Å². The maximum absolute atomic E-state index is 5.77. The summed E-state index contributed by atoms with van der Waals surface area (Å²) in [6.45, 7) is 1.93. The third kappa shape index (κ3) is 3.32. The van der Waals surface area contributed by atoms with E-state index in [9.17, 15) is 0 Å². The highest BCUT2D eigenvalue weighted by Crippen LogP contribution is 2.08. The van der Waals surface area contributed by atoms with Crippen molar-refractivity contribution in [3.05, 3.63) is 41.5 Å². The molecule has 0 aliphatic carbocycles. The lowest BCUT2D eigenvalue weighted by Gasteiger charge is -1.95. The summed E-state index contributed by atoms with van der Waals surface area (Å²) in [4.78, 5) is 3.91. The van der Waals surface area contributed by atoms with Gasteiger partial charge in [-0.05, 0) is 19.1 Å². The van der Waals surface area contributed by atoms with Gasteiger partial charge in [0.25, 0.3) is 0 Å². The van der Waals surface area contributed by atoms with E-state index < -0.39 is 0 Å². The van der Waals surface area contributed by atoms with Crippen molar-refractivity contribution in [3.63, 3.8) is 0 Å². The van der Waals surface area contributed by atoms with Crippen molar-refractivity contribution in [1.29, 1.82) is 0 Å². The molecule has 0 radical (unpaired) electrons. The van der Waals surface area contributed by atoms with Crippen LogP contribution in [0.2, 0.25) is 0 Å². The van der Waals surface area contributed by atoms with Crippen LogP contribution in [0.5, 0.6) is 0 Å². The number of nitrogens with two attached hydrogens (primary N) is 1. The Balaban J connectivity index is 2.95. The molecular weight excluding hydrogens is 184 g/mol. The minimum atomic E-state index is 0.703. The zero-order valence-corrected chi connectivity index (χ0v) is 8.99. The molecule has 1 aromatic carbocycles. The second-order valence-electron chi connectivity index (χ2n) is 2.97. The predicted molar refractivity (Wildman–Crippen MR) is 65.9 cm³/mol. The van der Waals surface area contributed by atoms with Gasteiger partial charge in [-0.15, -0.1) is 0 Å². The molecule has 0 atom stereocenters. The van der Waals surface area contributed by atoms with Crippen LogP contribution in [-0.4, -0.2) is 13.3 Å². The van der Waals surface area contributed by atoms with E-state index in [-0.39, 0.29) is 0 Å². The van der Waals surface area contributed by atoms with Crippen LogP contribution < -0.4 is 5.73 Å². The third-order valence-corrected chi connectivity index (χ3v) is 1.88. The zero-order valence-electron chi connectivity index (χ0n) is 8.99. The number of hydrogen-bond acceptors (Lipinski definition) is 2. The van der Waals surface area contributed by atoms with Crippen molar-refractivity contribution in [3.8, 4) is 11.8 Å². The largest absolute Gasteiger partial charge is 0.398 e. The van der Waals surface area contributed by atoms with E-state index in [1.54, 1.807) is 13.3 Å². The van der Waals surface area contributed by atoms with Crippen molar-refractivity contribution in [1.82, 2.24) is 0 Å². The first-order chi connectivity index (χ1) is 7.27. The number of hydrogen-bond donors (Lipinski definition) is 1. The first-order valence-corrected chi connectivity index (χ1v) is 4.73. The molecule has 0 spiro atoms. The SMILES string of the molecule is C/C=C(C#Cc1ccccc1N)\C=N/C. The van der Waals surface area contributed by atoms with Crippen LogP contribution in [0.25, 0.3) is 0 Å². The first-order valence-electron chi connectivity index (χ1n) is 4.73. The van der Waals surface area contributed by atoms with Crippen LogP contribution in [0.15, 0.2) is 40.9 Å². The fraction of sp³-hybridized carbons (Fsp3) is 0.154. The Kier molecular flexibility index (Phi) is 4.18. The summed E-state index contributed by atoms with van der Waals surface area (Å²) in [6, 6.07) is 7.56. The molecule has 0 saturated heterocycles. The zero-order chi connectivity index (χ0) is 11.1. The highest BCUT2D eigenvalue weighted by molar-refractivity contribution is 5.84. The molecule has 2 N–H and O–H groups in total. The smallest absolute Gasteiger partial charge is 0.0478 e. The van der Waals surface area contributed by atoms with Gasteiger partial charge >= 0.3 is 0 Å². The van der Waals surface area contributed by atoms with Crippen LogP contribution in [-0.2, 0) is 0 Å². The minimum absolute atomic E-state index is 0.703. The van der Waals surface area contributed by atoms with Gasteiger partial charge in [-0.1, -0.05) is 30.0 Å². The van der Waals surface area contributed by atoms with E-state index in [1.807, 2.05) is 37.3 Å². The molecule has 0 aromatic heterocycles. The van der Waals surface area contributed by atoms with Crippen molar-refractivity contribution in [2.45, 2.75) is 6.92 Å². The van der Waals surface area contributed by atoms with E-state index in [2.05, 4.69) is 16.8 Å². The maximum Gasteiger partial charge on any atom is 0.0478 e. The number of anilines is 1. The molecule has 1 rings (SSSR count). The van der Waals surface area contributed by atoms with Gasteiger partial charge < -0.3 is 5.73 Å². The number of nitrogen functional groups attached to an aromatic ring is 1. The Hall–Kier alpha value is -2.01. The van der Waals surface area contributed by atoms with Crippen LogP contribution in [0.1, 0.15) is 12.5 Å². The Morgan fingerprint density at radius 3 is 2.73 bits per heavy atom. The summed E-state index contributed by atoms with van der Waals surface area (Å²) >= 11 is 0. The second kappa shape index (κ2) is 5.66. The van der Waals surface area contributed by atoms with E-state index in [4.69, 9.17) is 5.73 Å². The minimum Gasteiger partial charge on any atom is -0.398 e. The summed E-state index contributed by atoms with van der Waals surface area (Å²) in [7, 11) is 1.72. The van der Waals surface area contributed by atoms with Crippen LogP contribution >= 0.6 is 0 Å². The van der Waals surface area contributed by atoms with Crippen LogP contribution in [0.3, 0.4) is 0 Å². The van der Waals surface area contributed by atoms with Gasteiger partial charge in [0, 0.05) is 30.1 Å². The monoisotopic (exact) mass is 198 g/mol. The molecule has 1 aromatic rings. The molecule has 2 nitrogen and oxygen atoms in total. The molecule has 0 fully saturated rings. The number of rotatable bonds is 1. The molecule has 0 amide bonds. The quantitative estimate of drug-likeness (QED) is 0.419. The molecule has 0 heterocycles. The molecule has 76 valence electrons. The third-order valence-electron chi connectivity index (χ3n) is 1.88. The lowest BCUT2D eigenvalue weighted by molar-refractivity contribution is 1.46. The van der Waals surface area contributed by atoms with E-state index in [0.29, 0.717) is 5.69 Å². The predicted octanol–water partition coefficient (Wildman–Crippen LogP) is 2.27. The number of para-hydroxylation sites is 1. The molecule has 0 aliphatic heterocycles.